The zero-order valence-corrected chi connectivity index (χ0v) is 15.9. The number of aromatic carboxylic acids is 2. The number of ether oxygens (including phenoxy) is 1. The third-order valence-electron chi connectivity index (χ3n) is 5.49. The second kappa shape index (κ2) is 6.57. The lowest BCUT2D eigenvalue weighted by Crippen LogP contribution is -2.34. The molecule has 28 heavy (non-hydrogen) atoms. The Hall–Kier alpha value is -2.97. The van der Waals surface area contributed by atoms with Gasteiger partial charge in [0.15, 0.2) is 0 Å². The molecule has 3 aromatic rings. The molecule has 3 heterocycles. The van der Waals surface area contributed by atoms with Crippen molar-refractivity contribution in [2.75, 3.05) is 19.7 Å². The smallest absolute Gasteiger partial charge is 0.338 e. The number of aromatic nitrogens is 2. The van der Waals surface area contributed by atoms with Crippen molar-refractivity contribution < 1.29 is 24.5 Å². The molecule has 0 saturated carbocycles. The van der Waals surface area contributed by atoms with Gasteiger partial charge in [0.1, 0.15) is 11.7 Å². The number of benzene rings is 1. The predicted octanol–water partition coefficient (Wildman–Crippen LogP) is 2.47. The van der Waals surface area contributed by atoms with Crippen molar-refractivity contribution in [1.29, 1.82) is 0 Å². The van der Waals surface area contributed by atoms with Crippen molar-refractivity contribution in [3.8, 4) is 0 Å². The Morgan fingerprint density at radius 2 is 1.89 bits per heavy atom. The van der Waals surface area contributed by atoms with Crippen LogP contribution in [0.15, 0.2) is 12.1 Å². The van der Waals surface area contributed by atoms with Crippen molar-refractivity contribution in [3.05, 3.63) is 45.8 Å². The van der Waals surface area contributed by atoms with Crippen LogP contribution in [0.1, 0.15) is 49.3 Å². The number of nitrogens with zero attached hydrogens (tertiary/aromatic N) is 2. The molecular formula is C20H21N3O5. The molecule has 146 valence electrons. The Bertz CT molecular complexity index is 1140. The van der Waals surface area contributed by atoms with E-state index < -0.39 is 11.9 Å². The maximum Gasteiger partial charge on any atom is 0.338 e. The molecule has 1 aromatic carbocycles. The summed E-state index contributed by atoms with van der Waals surface area (Å²) < 4.78 is 7.36. The minimum Gasteiger partial charge on any atom is -0.478 e. The number of carbonyl (C=O) groups is 2. The van der Waals surface area contributed by atoms with E-state index in [2.05, 4.69) is 5.32 Å². The van der Waals surface area contributed by atoms with E-state index in [0.29, 0.717) is 29.7 Å². The molecule has 1 fully saturated rings. The number of carboxylic acids is 2. The van der Waals surface area contributed by atoms with E-state index in [9.17, 15) is 19.8 Å². The monoisotopic (exact) mass is 383 g/mol. The van der Waals surface area contributed by atoms with E-state index in [1.165, 1.54) is 4.52 Å². The largest absolute Gasteiger partial charge is 0.478 e. The van der Waals surface area contributed by atoms with Crippen LogP contribution in [0.4, 0.5) is 0 Å². The van der Waals surface area contributed by atoms with Crippen molar-refractivity contribution in [2.24, 2.45) is 0 Å². The fraction of sp³-hybridized carbons (Fsp3) is 0.350. The highest BCUT2D eigenvalue weighted by Gasteiger charge is 2.31. The Morgan fingerprint density at radius 1 is 1.18 bits per heavy atom. The lowest BCUT2D eigenvalue weighted by Gasteiger charge is -2.25. The van der Waals surface area contributed by atoms with E-state index in [-0.39, 0.29) is 22.9 Å². The number of carboxylic acid groups (broad SMARTS) is 2. The van der Waals surface area contributed by atoms with E-state index in [4.69, 9.17) is 9.84 Å². The van der Waals surface area contributed by atoms with Gasteiger partial charge in [-0.3, -0.25) is 0 Å². The SMILES string of the molecule is Cc1ccc2c(c(C3CNCCO3)nn3c(C)c(C(=O)O)c(C(=O)O)c23)c1C. The quantitative estimate of drug-likeness (QED) is 0.637. The van der Waals surface area contributed by atoms with E-state index in [1.54, 1.807) is 6.92 Å². The third-order valence-corrected chi connectivity index (χ3v) is 5.49. The standard InChI is InChI=1S/C20H21N3O5/c1-9-4-5-12-14(10(9)2)17(13-8-21-6-7-28-13)22-23-11(3)15(19(24)25)16(18(12)23)20(26)27/h4-5,13,21H,6-8H2,1-3H3,(H,24,25)(H,26,27). The van der Waals surface area contributed by atoms with Gasteiger partial charge < -0.3 is 20.3 Å². The second-order valence-corrected chi connectivity index (χ2v) is 7.08. The molecule has 1 unspecified atom stereocenters. The Labute approximate surface area is 160 Å². The van der Waals surface area contributed by atoms with Crippen LogP contribution in [0.25, 0.3) is 16.3 Å². The van der Waals surface area contributed by atoms with Crippen molar-refractivity contribution in [3.63, 3.8) is 0 Å². The molecular weight excluding hydrogens is 362 g/mol. The van der Waals surface area contributed by atoms with Gasteiger partial charge in [-0.15, -0.1) is 0 Å². The number of fused-ring (bicyclic) bond motifs is 3. The second-order valence-electron chi connectivity index (χ2n) is 7.08. The molecule has 0 spiro atoms. The number of morpholine rings is 1. The Morgan fingerprint density at radius 3 is 2.50 bits per heavy atom. The molecule has 1 saturated heterocycles. The fourth-order valence-corrected chi connectivity index (χ4v) is 3.99. The average molecular weight is 383 g/mol. The zero-order chi connectivity index (χ0) is 20.2. The summed E-state index contributed by atoms with van der Waals surface area (Å²) in [5, 5.41) is 28.9. The van der Waals surface area contributed by atoms with Gasteiger partial charge in [-0.25, -0.2) is 14.1 Å². The normalized spacial score (nSPS) is 17.3. The first kappa shape index (κ1) is 18.4. The van der Waals surface area contributed by atoms with Crippen LogP contribution >= 0.6 is 0 Å². The van der Waals surface area contributed by atoms with Gasteiger partial charge in [0.05, 0.1) is 29.1 Å². The maximum atomic E-state index is 12.0. The minimum atomic E-state index is -1.28. The first-order chi connectivity index (χ1) is 13.3. The third kappa shape index (κ3) is 2.56. The lowest BCUT2D eigenvalue weighted by molar-refractivity contribution is 0.0253. The summed E-state index contributed by atoms with van der Waals surface area (Å²) in [6, 6.07) is 3.75. The molecule has 0 aliphatic carbocycles. The van der Waals surface area contributed by atoms with Gasteiger partial charge in [-0.05, 0) is 31.9 Å². The molecule has 8 heteroatoms. The summed E-state index contributed by atoms with van der Waals surface area (Å²) in [6.07, 6.45) is -0.301. The van der Waals surface area contributed by atoms with Crippen molar-refractivity contribution in [2.45, 2.75) is 26.9 Å². The first-order valence-electron chi connectivity index (χ1n) is 9.07. The van der Waals surface area contributed by atoms with Gasteiger partial charge in [-0.2, -0.15) is 5.10 Å². The zero-order valence-electron chi connectivity index (χ0n) is 15.9. The topological polar surface area (TPSA) is 113 Å². The lowest BCUT2D eigenvalue weighted by atomic mass is 9.96. The summed E-state index contributed by atoms with van der Waals surface area (Å²) in [5.41, 5.74) is 2.81. The number of nitrogens with one attached hydrogen (secondary N) is 1. The molecule has 1 aliphatic rings. The van der Waals surface area contributed by atoms with E-state index >= 15 is 0 Å². The number of aryl methyl sites for hydroxylation is 3. The van der Waals surface area contributed by atoms with Gasteiger partial charge in [0.2, 0.25) is 0 Å². The number of rotatable bonds is 3. The molecule has 0 radical (unpaired) electrons. The molecule has 3 N–H and O–H groups in total. The molecule has 0 bridgehead atoms. The minimum absolute atomic E-state index is 0.236. The van der Waals surface area contributed by atoms with E-state index in [0.717, 1.165) is 23.1 Å². The van der Waals surface area contributed by atoms with Crippen LogP contribution in [0.2, 0.25) is 0 Å². The molecule has 2 aromatic heterocycles. The predicted molar refractivity (Wildman–Crippen MR) is 102 cm³/mol. The van der Waals surface area contributed by atoms with Gasteiger partial charge in [0.25, 0.3) is 0 Å². The fourth-order valence-electron chi connectivity index (χ4n) is 3.99. The first-order valence-corrected chi connectivity index (χ1v) is 9.07. The number of hydrogen-bond donors (Lipinski definition) is 3. The summed E-state index contributed by atoms with van der Waals surface area (Å²) >= 11 is 0. The van der Waals surface area contributed by atoms with Gasteiger partial charge in [0, 0.05) is 23.9 Å². The number of hydrogen-bond acceptors (Lipinski definition) is 5. The highest BCUT2D eigenvalue weighted by atomic mass is 16.5. The summed E-state index contributed by atoms with van der Waals surface area (Å²) in [4.78, 5) is 23.8. The van der Waals surface area contributed by atoms with Crippen LogP contribution in [0.5, 0.6) is 0 Å². The summed E-state index contributed by atoms with van der Waals surface area (Å²) in [5.74, 6) is -2.57. The summed E-state index contributed by atoms with van der Waals surface area (Å²) in [7, 11) is 0. The molecule has 8 nitrogen and oxygen atoms in total. The molecule has 0 amide bonds. The summed E-state index contributed by atoms with van der Waals surface area (Å²) in [6.45, 7) is 7.40. The maximum absolute atomic E-state index is 12.0. The van der Waals surface area contributed by atoms with Gasteiger partial charge >= 0.3 is 11.9 Å². The van der Waals surface area contributed by atoms with Crippen molar-refractivity contribution in [1.82, 2.24) is 14.9 Å². The van der Waals surface area contributed by atoms with Crippen LogP contribution in [0, 0.1) is 20.8 Å². The Kier molecular flexibility index (Phi) is 4.32. The molecule has 4 rings (SSSR count). The van der Waals surface area contributed by atoms with Crippen LogP contribution < -0.4 is 5.32 Å². The van der Waals surface area contributed by atoms with Crippen LogP contribution in [-0.2, 0) is 4.74 Å². The molecule has 1 aliphatic heterocycles. The van der Waals surface area contributed by atoms with Gasteiger partial charge in [-0.1, -0.05) is 12.1 Å². The molecule has 1 atom stereocenters. The van der Waals surface area contributed by atoms with Crippen molar-refractivity contribution >= 4 is 28.2 Å². The van der Waals surface area contributed by atoms with E-state index in [1.807, 2.05) is 26.0 Å². The highest BCUT2D eigenvalue weighted by Crippen LogP contribution is 2.36. The van der Waals surface area contributed by atoms with Crippen LogP contribution in [0.3, 0.4) is 0 Å². The Balaban J connectivity index is 2.22. The highest BCUT2D eigenvalue weighted by molar-refractivity contribution is 6.15. The average Bonchev–Trinajstić information content (AvgIpc) is 2.98. The van der Waals surface area contributed by atoms with Crippen LogP contribution in [-0.4, -0.2) is 51.5 Å².